The first-order valence-corrected chi connectivity index (χ1v) is 6.36. The third-order valence-corrected chi connectivity index (χ3v) is 2.51. The van der Waals surface area contributed by atoms with Crippen LogP contribution in [0.4, 0.5) is 4.79 Å². The van der Waals surface area contributed by atoms with Crippen LogP contribution in [0, 0.1) is 6.92 Å². The Morgan fingerprint density at radius 1 is 1.26 bits per heavy atom. The molecular weight excluding hydrogens is 246 g/mol. The Hall–Kier alpha value is -1.91. The molecule has 5 heteroatoms. The second-order valence-electron chi connectivity index (χ2n) is 3.84. The maximum absolute atomic E-state index is 10.1. The van der Waals surface area contributed by atoms with E-state index in [4.69, 9.17) is 14.9 Å². The number of benzene rings is 1. The normalized spacial score (nSPS) is 9.26. The molecule has 0 aliphatic carbocycles. The van der Waals surface area contributed by atoms with Gasteiger partial charge in [-0.1, -0.05) is 6.07 Å². The fourth-order valence-corrected chi connectivity index (χ4v) is 1.39. The van der Waals surface area contributed by atoms with Gasteiger partial charge in [-0.25, -0.2) is 4.79 Å². The smallest absolute Gasteiger partial charge is 0.407 e. The summed E-state index contributed by atoms with van der Waals surface area (Å²) in [5.74, 6) is 1.01. The van der Waals surface area contributed by atoms with Gasteiger partial charge in [0.1, 0.15) is 11.5 Å². The molecule has 0 saturated carbocycles. The number of hydrogen-bond acceptors (Lipinski definition) is 3. The first-order valence-electron chi connectivity index (χ1n) is 6.36. The molecule has 0 unspecified atom stereocenters. The number of carbonyl (C=O) groups is 1. The van der Waals surface area contributed by atoms with Crippen molar-refractivity contribution in [1.82, 2.24) is 4.90 Å². The lowest BCUT2D eigenvalue weighted by Gasteiger charge is -2.12. The number of phenolic OH excluding ortho intramolecular Hbond substituents is 1. The molecule has 1 aromatic rings. The highest BCUT2D eigenvalue weighted by Gasteiger charge is 2.03. The van der Waals surface area contributed by atoms with Crippen LogP contribution in [-0.2, 0) is 0 Å². The van der Waals surface area contributed by atoms with Gasteiger partial charge in [-0.15, -0.1) is 0 Å². The van der Waals surface area contributed by atoms with E-state index in [0.29, 0.717) is 19.7 Å². The zero-order chi connectivity index (χ0) is 14.8. The molecule has 0 bridgehead atoms. The Bertz CT molecular complexity index is 389. The lowest BCUT2D eigenvalue weighted by molar-refractivity contribution is 0.150. The molecule has 0 aromatic heterocycles. The van der Waals surface area contributed by atoms with Crippen molar-refractivity contribution in [3.05, 3.63) is 23.8 Å². The van der Waals surface area contributed by atoms with Crippen molar-refractivity contribution < 1.29 is 19.7 Å². The molecule has 0 fully saturated rings. The number of carboxylic acid groups (broad SMARTS) is 1. The van der Waals surface area contributed by atoms with Gasteiger partial charge in [0.2, 0.25) is 0 Å². The van der Waals surface area contributed by atoms with Gasteiger partial charge in [-0.2, -0.15) is 0 Å². The van der Waals surface area contributed by atoms with E-state index in [1.807, 2.05) is 33.8 Å². The van der Waals surface area contributed by atoms with E-state index in [0.717, 1.165) is 11.3 Å². The Morgan fingerprint density at radius 3 is 2.21 bits per heavy atom. The van der Waals surface area contributed by atoms with E-state index in [1.54, 1.807) is 12.1 Å². The Balaban J connectivity index is 0.000000362. The minimum Gasteiger partial charge on any atom is -0.508 e. The van der Waals surface area contributed by atoms with Crippen molar-refractivity contribution >= 4 is 6.09 Å². The standard InChI is InChI=1S/C9H12O2.C5H11NO2/c1-3-11-9-6-8(10)5-4-7(9)2;1-3-6(4-2)5(7)8/h4-6,10H,3H2,1-2H3;3-4H2,1-2H3,(H,7,8). The fourth-order valence-electron chi connectivity index (χ4n) is 1.39. The molecule has 0 heterocycles. The first kappa shape index (κ1) is 17.1. The largest absolute Gasteiger partial charge is 0.508 e. The molecule has 1 amide bonds. The topological polar surface area (TPSA) is 70.0 Å². The van der Waals surface area contributed by atoms with Crippen molar-refractivity contribution in [1.29, 1.82) is 0 Å². The summed E-state index contributed by atoms with van der Waals surface area (Å²) in [7, 11) is 0. The van der Waals surface area contributed by atoms with Crippen LogP contribution in [0.1, 0.15) is 26.3 Å². The molecule has 1 rings (SSSR count). The van der Waals surface area contributed by atoms with Gasteiger partial charge in [0.05, 0.1) is 6.61 Å². The van der Waals surface area contributed by atoms with Crippen LogP contribution in [0.3, 0.4) is 0 Å². The van der Waals surface area contributed by atoms with Gasteiger partial charge in [-0.05, 0) is 39.3 Å². The van der Waals surface area contributed by atoms with Crippen LogP contribution in [0.2, 0.25) is 0 Å². The van der Waals surface area contributed by atoms with Crippen LogP contribution >= 0.6 is 0 Å². The zero-order valence-electron chi connectivity index (χ0n) is 12.0. The lowest BCUT2D eigenvalue weighted by atomic mass is 10.2. The Kier molecular flexibility index (Phi) is 8.17. The monoisotopic (exact) mass is 269 g/mol. The fraction of sp³-hybridized carbons (Fsp3) is 0.500. The average Bonchev–Trinajstić information content (AvgIpc) is 2.36. The van der Waals surface area contributed by atoms with Crippen molar-refractivity contribution in [2.75, 3.05) is 19.7 Å². The Labute approximate surface area is 114 Å². The van der Waals surface area contributed by atoms with Crippen molar-refractivity contribution in [2.45, 2.75) is 27.7 Å². The zero-order valence-corrected chi connectivity index (χ0v) is 12.0. The number of hydrogen-bond donors (Lipinski definition) is 2. The number of rotatable bonds is 4. The summed E-state index contributed by atoms with van der Waals surface area (Å²) in [6, 6.07) is 5.11. The first-order chi connectivity index (χ1) is 8.96. The van der Waals surface area contributed by atoms with Gasteiger partial charge < -0.3 is 19.8 Å². The summed E-state index contributed by atoms with van der Waals surface area (Å²) >= 11 is 0. The lowest BCUT2D eigenvalue weighted by Crippen LogP contribution is -2.28. The van der Waals surface area contributed by atoms with E-state index in [1.165, 1.54) is 4.90 Å². The molecule has 0 aliphatic heterocycles. The molecule has 19 heavy (non-hydrogen) atoms. The van der Waals surface area contributed by atoms with E-state index < -0.39 is 6.09 Å². The van der Waals surface area contributed by atoms with Crippen LogP contribution in [-0.4, -0.2) is 40.9 Å². The van der Waals surface area contributed by atoms with Crippen molar-refractivity contribution in [3.63, 3.8) is 0 Å². The van der Waals surface area contributed by atoms with Crippen molar-refractivity contribution in [3.8, 4) is 11.5 Å². The molecule has 108 valence electrons. The van der Waals surface area contributed by atoms with Gasteiger partial charge in [0.15, 0.2) is 0 Å². The number of phenols is 1. The molecule has 0 radical (unpaired) electrons. The van der Waals surface area contributed by atoms with Crippen LogP contribution in [0.25, 0.3) is 0 Å². The highest BCUT2D eigenvalue weighted by atomic mass is 16.5. The summed E-state index contributed by atoms with van der Waals surface area (Å²) in [4.78, 5) is 11.4. The Morgan fingerprint density at radius 2 is 1.84 bits per heavy atom. The third-order valence-electron chi connectivity index (χ3n) is 2.51. The minimum absolute atomic E-state index is 0.249. The van der Waals surface area contributed by atoms with E-state index >= 15 is 0 Å². The van der Waals surface area contributed by atoms with Crippen LogP contribution in [0.5, 0.6) is 11.5 Å². The maximum Gasteiger partial charge on any atom is 0.407 e. The van der Waals surface area contributed by atoms with E-state index in [-0.39, 0.29) is 5.75 Å². The molecule has 0 atom stereocenters. The molecule has 5 nitrogen and oxygen atoms in total. The van der Waals surface area contributed by atoms with E-state index in [9.17, 15) is 4.79 Å². The quantitative estimate of drug-likeness (QED) is 0.881. The third kappa shape index (κ3) is 6.55. The average molecular weight is 269 g/mol. The predicted molar refractivity (Wildman–Crippen MR) is 75.0 cm³/mol. The number of ether oxygens (including phenoxy) is 1. The molecular formula is C14H23NO4. The molecule has 0 aliphatic rings. The number of amides is 1. The summed E-state index contributed by atoms with van der Waals surface area (Å²) in [6.45, 7) is 9.28. The number of aromatic hydroxyl groups is 1. The van der Waals surface area contributed by atoms with Gasteiger partial charge in [0.25, 0.3) is 0 Å². The van der Waals surface area contributed by atoms with Gasteiger partial charge in [-0.3, -0.25) is 0 Å². The highest BCUT2D eigenvalue weighted by molar-refractivity contribution is 5.64. The SMILES string of the molecule is CCN(CC)C(=O)O.CCOc1cc(O)ccc1C. The summed E-state index contributed by atoms with van der Waals surface area (Å²) < 4.78 is 5.26. The maximum atomic E-state index is 10.1. The van der Waals surface area contributed by atoms with Crippen LogP contribution < -0.4 is 4.74 Å². The molecule has 2 N–H and O–H groups in total. The highest BCUT2D eigenvalue weighted by Crippen LogP contribution is 2.22. The van der Waals surface area contributed by atoms with Gasteiger partial charge >= 0.3 is 6.09 Å². The molecule has 0 spiro atoms. The summed E-state index contributed by atoms with van der Waals surface area (Å²) in [5.41, 5.74) is 1.05. The molecule has 0 saturated heterocycles. The minimum atomic E-state index is -0.838. The number of aryl methyl sites for hydroxylation is 1. The van der Waals surface area contributed by atoms with Crippen LogP contribution in [0.15, 0.2) is 18.2 Å². The second-order valence-corrected chi connectivity index (χ2v) is 3.84. The summed E-state index contributed by atoms with van der Waals surface area (Å²) in [5, 5.41) is 17.4. The predicted octanol–water partition coefficient (Wildman–Crippen LogP) is 3.11. The molecule has 1 aromatic carbocycles. The van der Waals surface area contributed by atoms with E-state index in [2.05, 4.69) is 0 Å². The van der Waals surface area contributed by atoms with Gasteiger partial charge in [0, 0.05) is 19.2 Å². The number of nitrogens with zero attached hydrogens (tertiary/aromatic N) is 1. The second kappa shape index (κ2) is 9.08. The van der Waals surface area contributed by atoms with Crippen molar-refractivity contribution in [2.24, 2.45) is 0 Å². The summed E-state index contributed by atoms with van der Waals surface area (Å²) in [6.07, 6.45) is -0.838.